The van der Waals surface area contributed by atoms with Crippen LogP contribution in [0.25, 0.3) is 0 Å². The molecule has 0 bridgehead atoms. The van der Waals surface area contributed by atoms with E-state index in [1.54, 1.807) is 24.3 Å². The lowest BCUT2D eigenvalue weighted by Gasteiger charge is -2.14. The SMILES string of the molecule is OC(Cc1cc(F)ccc1Br)c1cc(Cl)ccc1Cl. The van der Waals surface area contributed by atoms with Crippen LogP contribution in [0.15, 0.2) is 40.9 Å². The summed E-state index contributed by atoms with van der Waals surface area (Å²) in [6.45, 7) is 0. The molecule has 0 heterocycles. The van der Waals surface area contributed by atoms with E-state index in [0.717, 1.165) is 4.47 Å². The standard InChI is InChI=1S/C14H10BrCl2FO/c15-12-3-2-10(18)5-8(12)6-14(19)11-7-9(16)1-4-13(11)17/h1-5,7,14,19H,6H2. The van der Waals surface area contributed by atoms with Gasteiger partial charge in [0.1, 0.15) is 5.82 Å². The first-order valence-corrected chi connectivity index (χ1v) is 7.09. The molecule has 2 rings (SSSR count). The van der Waals surface area contributed by atoms with E-state index in [1.165, 1.54) is 12.1 Å². The minimum absolute atomic E-state index is 0.248. The summed E-state index contributed by atoms with van der Waals surface area (Å²) in [6, 6.07) is 9.23. The molecule has 0 saturated carbocycles. The molecule has 2 aromatic rings. The molecule has 0 aliphatic carbocycles. The van der Waals surface area contributed by atoms with Crippen molar-refractivity contribution < 1.29 is 9.50 Å². The molecule has 1 nitrogen and oxygen atoms in total. The molecule has 1 unspecified atom stereocenters. The van der Waals surface area contributed by atoms with Crippen LogP contribution in [0.2, 0.25) is 10.0 Å². The summed E-state index contributed by atoms with van der Waals surface area (Å²) in [6.07, 6.45) is -0.595. The lowest BCUT2D eigenvalue weighted by Crippen LogP contribution is -2.03. The van der Waals surface area contributed by atoms with Crippen LogP contribution in [-0.2, 0) is 6.42 Å². The van der Waals surface area contributed by atoms with Gasteiger partial charge in [-0.05, 0) is 42.0 Å². The van der Waals surface area contributed by atoms with Crippen LogP contribution in [0.5, 0.6) is 0 Å². The second kappa shape index (κ2) is 6.23. The maximum atomic E-state index is 13.2. The summed E-state index contributed by atoms with van der Waals surface area (Å²) in [5.74, 6) is -0.345. The molecular formula is C14H10BrCl2FO. The van der Waals surface area contributed by atoms with Crippen molar-refractivity contribution in [3.8, 4) is 0 Å². The Bertz CT molecular complexity index is 604. The molecule has 2 aromatic carbocycles. The minimum Gasteiger partial charge on any atom is -0.388 e. The van der Waals surface area contributed by atoms with E-state index in [9.17, 15) is 9.50 Å². The van der Waals surface area contributed by atoms with Gasteiger partial charge >= 0.3 is 0 Å². The Morgan fingerprint density at radius 1 is 1.16 bits per heavy atom. The summed E-state index contributed by atoms with van der Waals surface area (Å²) < 4.78 is 13.9. The Balaban J connectivity index is 2.27. The molecule has 0 aromatic heterocycles. The van der Waals surface area contributed by atoms with Gasteiger partial charge in [-0.15, -0.1) is 0 Å². The first-order valence-electron chi connectivity index (χ1n) is 5.54. The number of hydrogen-bond donors (Lipinski definition) is 1. The zero-order chi connectivity index (χ0) is 14.0. The zero-order valence-electron chi connectivity index (χ0n) is 9.71. The molecule has 0 spiro atoms. The third-order valence-electron chi connectivity index (χ3n) is 2.74. The molecule has 100 valence electrons. The Morgan fingerprint density at radius 2 is 1.89 bits per heavy atom. The lowest BCUT2D eigenvalue weighted by atomic mass is 10.0. The highest BCUT2D eigenvalue weighted by Crippen LogP contribution is 2.30. The number of benzene rings is 2. The van der Waals surface area contributed by atoms with Gasteiger partial charge in [0.05, 0.1) is 6.10 Å². The van der Waals surface area contributed by atoms with Crippen LogP contribution in [0, 0.1) is 5.82 Å². The van der Waals surface area contributed by atoms with E-state index >= 15 is 0 Å². The zero-order valence-corrected chi connectivity index (χ0v) is 12.8. The van der Waals surface area contributed by atoms with Crippen molar-refractivity contribution in [2.24, 2.45) is 0 Å². The van der Waals surface area contributed by atoms with E-state index in [4.69, 9.17) is 23.2 Å². The van der Waals surface area contributed by atoms with Crippen LogP contribution < -0.4 is 0 Å². The summed E-state index contributed by atoms with van der Waals surface area (Å²) in [7, 11) is 0. The molecule has 1 atom stereocenters. The van der Waals surface area contributed by atoms with E-state index < -0.39 is 6.10 Å². The Kier molecular flexibility index (Phi) is 4.85. The third-order valence-corrected chi connectivity index (χ3v) is 4.09. The molecule has 0 saturated heterocycles. The van der Waals surface area contributed by atoms with Gasteiger partial charge in [0.15, 0.2) is 0 Å². The van der Waals surface area contributed by atoms with Crippen molar-refractivity contribution in [1.82, 2.24) is 0 Å². The van der Waals surface area contributed by atoms with Crippen molar-refractivity contribution >= 4 is 39.1 Å². The second-order valence-corrected chi connectivity index (χ2v) is 5.82. The van der Waals surface area contributed by atoms with E-state index in [0.29, 0.717) is 21.2 Å². The van der Waals surface area contributed by atoms with Crippen LogP contribution in [0.4, 0.5) is 4.39 Å². The predicted molar refractivity (Wildman–Crippen MR) is 79.2 cm³/mol. The number of rotatable bonds is 3. The fraction of sp³-hybridized carbons (Fsp3) is 0.143. The highest BCUT2D eigenvalue weighted by Gasteiger charge is 2.15. The fourth-order valence-electron chi connectivity index (χ4n) is 1.79. The topological polar surface area (TPSA) is 20.2 Å². The molecule has 0 radical (unpaired) electrons. The second-order valence-electron chi connectivity index (χ2n) is 4.12. The molecule has 0 amide bonds. The molecule has 0 aliphatic rings. The van der Waals surface area contributed by atoms with Crippen molar-refractivity contribution in [3.05, 3.63) is 67.9 Å². The van der Waals surface area contributed by atoms with Gasteiger partial charge in [-0.3, -0.25) is 0 Å². The van der Waals surface area contributed by atoms with Crippen LogP contribution in [-0.4, -0.2) is 5.11 Å². The first-order chi connectivity index (χ1) is 8.97. The van der Waals surface area contributed by atoms with Gasteiger partial charge in [-0.2, -0.15) is 0 Å². The molecular weight excluding hydrogens is 354 g/mol. The average molecular weight is 364 g/mol. The molecule has 0 fully saturated rings. The van der Waals surface area contributed by atoms with Gasteiger partial charge in [0, 0.05) is 26.5 Å². The normalized spacial score (nSPS) is 12.5. The average Bonchev–Trinajstić information content (AvgIpc) is 2.36. The molecule has 5 heteroatoms. The Hall–Kier alpha value is -0.610. The third kappa shape index (κ3) is 3.69. The summed E-state index contributed by atoms with van der Waals surface area (Å²) >= 11 is 15.2. The Labute approximate surface area is 129 Å². The van der Waals surface area contributed by atoms with E-state index in [-0.39, 0.29) is 12.2 Å². The van der Waals surface area contributed by atoms with E-state index in [1.807, 2.05) is 0 Å². The lowest BCUT2D eigenvalue weighted by molar-refractivity contribution is 0.178. The van der Waals surface area contributed by atoms with Gasteiger partial charge < -0.3 is 5.11 Å². The fourth-order valence-corrected chi connectivity index (χ4v) is 2.62. The van der Waals surface area contributed by atoms with Crippen LogP contribution in [0.1, 0.15) is 17.2 Å². The minimum atomic E-state index is -0.843. The summed E-state index contributed by atoms with van der Waals surface area (Å²) in [5.41, 5.74) is 1.20. The largest absolute Gasteiger partial charge is 0.388 e. The molecule has 0 aliphatic heterocycles. The highest BCUT2D eigenvalue weighted by atomic mass is 79.9. The molecule has 19 heavy (non-hydrogen) atoms. The number of halogens is 4. The maximum absolute atomic E-state index is 13.2. The van der Waals surface area contributed by atoms with E-state index in [2.05, 4.69) is 15.9 Å². The van der Waals surface area contributed by atoms with Crippen molar-refractivity contribution in [2.75, 3.05) is 0 Å². The van der Waals surface area contributed by atoms with Gasteiger partial charge in [0.2, 0.25) is 0 Å². The van der Waals surface area contributed by atoms with Crippen molar-refractivity contribution in [2.45, 2.75) is 12.5 Å². The smallest absolute Gasteiger partial charge is 0.123 e. The van der Waals surface area contributed by atoms with Crippen molar-refractivity contribution in [1.29, 1.82) is 0 Å². The summed E-state index contributed by atoms with van der Waals surface area (Å²) in [5, 5.41) is 11.1. The van der Waals surface area contributed by atoms with Gasteiger partial charge in [-0.1, -0.05) is 39.1 Å². The quantitative estimate of drug-likeness (QED) is 0.797. The van der Waals surface area contributed by atoms with Gasteiger partial charge in [-0.25, -0.2) is 4.39 Å². The van der Waals surface area contributed by atoms with Crippen molar-refractivity contribution in [3.63, 3.8) is 0 Å². The maximum Gasteiger partial charge on any atom is 0.123 e. The summed E-state index contributed by atoms with van der Waals surface area (Å²) in [4.78, 5) is 0. The highest BCUT2D eigenvalue weighted by molar-refractivity contribution is 9.10. The number of aliphatic hydroxyl groups excluding tert-OH is 1. The van der Waals surface area contributed by atoms with Gasteiger partial charge in [0.25, 0.3) is 0 Å². The first kappa shape index (κ1) is 14.8. The monoisotopic (exact) mass is 362 g/mol. The number of aliphatic hydroxyl groups is 1. The number of hydrogen-bond acceptors (Lipinski definition) is 1. The predicted octanol–water partition coefficient (Wildman–Crippen LogP) is 5.17. The molecule has 1 N–H and O–H groups in total. The Morgan fingerprint density at radius 3 is 2.63 bits per heavy atom. The van der Waals surface area contributed by atoms with Crippen LogP contribution in [0.3, 0.4) is 0 Å². The van der Waals surface area contributed by atoms with Crippen LogP contribution >= 0.6 is 39.1 Å².